The Morgan fingerprint density at radius 2 is 1.00 bits per heavy atom. The van der Waals surface area contributed by atoms with E-state index in [1.807, 2.05) is 0 Å². The molecule has 0 bridgehead atoms. The molecule has 0 nitrogen and oxygen atoms in total. The fraction of sp³-hybridized carbons (Fsp3) is 0.400. The molecular weight excluding hydrogens is 360 g/mol. The molecule has 3 aromatic rings. The summed E-state index contributed by atoms with van der Waals surface area (Å²) < 4.78 is 0. The van der Waals surface area contributed by atoms with Crippen LogP contribution in [-0.4, -0.2) is 0 Å². The molecule has 0 aliphatic carbocycles. The van der Waals surface area contributed by atoms with Gasteiger partial charge in [0.25, 0.3) is 0 Å². The highest BCUT2D eigenvalue weighted by atomic mass is 14.2. The molecule has 0 atom stereocenters. The smallest absolute Gasteiger partial charge is 0.00202 e. The van der Waals surface area contributed by atoms with Crippen molar-refractivity contribution in [3.63, 3.8) is 0 Å². The van der Waals surface area contributed by atoms with Crippen LogP contribution in [0.2, 0.25) is 0 Å². The van der Waals surface area contributed by atoms with Gasteiger partial charge >= 0.3 is 0 Å². The predicted octanol–water partition coefficient (Wildman–Crippen LogP) is 8.36. The molecule has 0 unspecified atom stereocenters. The van der Waals surface area contributed by atoms with Gasteiger partial charge in [0.15, 0.2) is 0 Å². The Balaban J connectivity index is 2.03. The van der Waals surface area contributed by atoms with Gasteiger partial charge in [-0.15, -0.1) is 0 Å². The highest BCUT2D eigenvalue weighted by Crippen LogP contribution is 2.34. The van der Waals surface area contributed by atoms with E-state index >= 15 is 0 Å². The summed E-state index contributed by atoms with van der Waals surface area (Å²) in [6.07, 6.45) is 3.37. The second-order valence-electron chi connectivity index (χ2n) is 9.20. The maximum Gasteiger partial charge on any atom is -0.00202 e. The molecule has 0 aliphatic rings. The topological polar surface area (TPSA) is 0 Å². The van der Waals surface area contributed by atoms with Crippen LogP contribution in [0.1, 0.15) is 74.5 Å². The van der Waals surface area contributed by atoms with Gasteiger partial charge in [-0.25, -0.2) is 0 Å². The lowest BCUT2D eigenvalue weighted by Crippen LogP contribution is -2.02. The molecule has 0 heteroatoms. The molecule has 0 saturated carbocycles. The van der Waals surface area contributed by atoms with Crippen LogP contribution < -0.4 is 0 Å². The van der Waals surface area contributed by atoms with E-state index in [9.17, 15) is 0 Å². The van der Waals surface area contributed by atoms with E-state index in [0.29, 0.717) is 0 Å². The minimum Gasteiger partial charge on any atom is -0.0651 e. The normalized spacial score (nSPS) is 11.2. The molecule has 0 saturated heterocycles. The summed E-state index contributed by atoms with van der Waals surface area (Å²) in [5.74, 6) is 0. The first-order valence-electron chi connectivity index (χ1n) is 11.4. The van der Waals surface area contributed by atoms with Gasteiger partial charge in [0, 0.05) is 0 Å². The van der Waals surface area contributed by atoms with Gasteiger partial charge in [-0.3, -0.25) is 0 Å². The van der Waals surface area contributed by atoms with Crippen LogP contribution in [0.25, 0.3) is 11.1 Å². The molecule has 0 amide bonds. The van der Waals surface area contributed by atoms with Crippen molar-refractivity contribution in [2.75, 3.05) is 0 Å². The van der Waals surface area contributed by atoms with Gasteiger partial charge in [-0.05, 0) is 141 Å². The molecule has 30 heavy (non-hydrogen) atoms. The summed E-state index contributed by atoms with van der Waals surface area (Å²) in [6, 6.07) is 11.8. The molecule has 0 radical (unpaired) electrons. The van der Waals surface area contributed by atoms with Crippen molar-refractivity contribution in [2.24, 2.45) is 0 Å². The number of aryl methyl sites for hydroxylation is 2. The molecule has 0 fully saturated rings. The zero-order valence-corrected chi connectivity index (χ0v) is 20.5. The van der Waals surface area contributed by atoms with Crippen molar-refractivity contribution >= 4 is 0 Å². The summed E-state index contributed by atoms with van der Waals surface area (Å²) in [5.41, 5.74) is 18.6. The average Bonchev–Trinajstić information content (AvgIpc) is 2.72. The van der Waals surface area contributed by atoms with E-state index < -0.39 is 0 Å². The van der Waals surface area contributed by atoms with Gasteiger partial charge in [0.1, 0.15) is 0 Å². The molecule has 0 spiro atoms. The van der Waals surface area contributed by atoms with Crippen LogP contribution in [0.5, 0.6) is 0 Å². The molecule has 158 valence electrons. The third-order valence-electron chi connectivity index (χ3n) is 7.58. The fourth-order valence-electron chi connectivity index (χ4n) is 4.75. The van der Waals surface area contributed by atoms with Gasteiger partial charge in [0.2, 0.25) is 0 Å². The monoisotopic (exact) mass is 398 g/mol. The lowest BCUT2D eigenvalue weighted by atomic mass is 9.85. The van der Waals surface area contributed by atoms with Gasteiger partial charge in [0.05, 0.1) is 0 Å². The Morgan fingerprint density at radius 1 is 0.500 bits per heavy atom. The molecule has 0 aliphatic heterocycles. The Bertz CT molecular complexity index is 1100. The lowest BCUT2D eigenvalue weighted by molar-refractivity contribution is 0.910. The molecular formula is C30H38. The zero-order valence-electron chi connectivity index (χ0n) is 20.5. The zero-order chi connectivity index (χ0) is 22.2. The second kappa shape index (κ2) is 8.80. The summed E-state index contributed by atoms with van der Waals surface area (Å²) in [7, 11) is 0. The second-order valence-corrected chi connectivity index (χ2v) is 9.20. The Hall–Kier alpha value is -2.34. The van der Waals surface area contributed by atoms with E-state index in [4.69, 9.17) is 0 Å². The first kappa shape index (κ1) is 22.3. The number of benzene rings is 3. The predicted molar refractivity (Wildman–Crippen MR) is 133 cm³/mol. The Kier molecular flexibility index (Phi) is 6.56. The number of rotatable bonds is 5. The van der Waals surface area contributed by atoms with Crippen molar-refractivity contribution in [3.8, 4) is 11.1 Å². The van der Waals surface area contributed by atoms with Crippen LogP contribution in [0.15, 0.2) is 30.3 Å². The Labute approximate surface area is 184 Å². The van der Waals surface area contributed by atoms with Crippen molar-refractivity contribution < 1.29 is 0 Å². The third kappa shape index (κ3) is 3.97. The largest absolute Gasteiger partial charge is 0.0651 e. The maximum atomic E-state index is 2.39. The SMILES string of the molecule is CCCc1ccc(-c2ccc(Cc3cc(C)c(C)c(C)c3C)c(C)c2C)c(C)c1C. The molecule has 0 aromatic heterocycles. The van der Waals surface area contributed by atoms with E-state index in [-0.39, 0.29) is 0 Å². The van der Waals surface area contributed by atoms with Crippen LogP contribution in [0.3, 0.4) is 0 Å². The van der Waals surface area contributed by atoms with Crippen LogP contribution in [0.4, 0.5) is 0 Å². The summed E-state index contributed by atoms with van der Waals surface area (Å²) in [4.78, 5) is 0. The first-order valence-corrected chi connectivity index (χ1v) is 11.4. The molecule has 3 aromatic carbocycles. The quantitative estimate of drug-likeness (QED) is 0.405. The minimum atomic E-state index is 1.01. The average molecular weight is 399 g/mol. The molecule has 0 heterocycles. The summed E-state index contributed by atoms with van der Waals surface area (Å²) in [6.45, 7) is 20.4. The van der Waals surface area contributed by atoms with Gasteiger partial charge < -0.3 is 0 Å². The fourth-order valence-corrected chi connectivity index (χ4v) is 4.75. The van der Waals surface area contributed by atoms with Crippen molar-refractivity contribution in [3.05, 3.63) is 91.5 Å². The number of hydrogen-bond acceptors (Lipinski definition) is 0. The van der Waals surface area contributed by atoms with Crippen LogP contribution >= 0.6 is 0 Å². The van der Waals surface area contributed by atoms with E-state index in [1.165, 1.54) is 85.2 Å². The molecule has 3 rings (SSSR count). The summed E-state index contributed by atoms with van der Waals surface area (Å²) in [5, 5.41) is 0. The highest BCUT2D eigenvalue weighted by molar-refractivity contribution is 5.74. The highest BCUT2D eigenvalue weighted by Gasteiger charge is 2.14. The standard InChI is InChI=1S/C30H38/c1-10-11-26-12-14-29(24(8)22(26)6)30-15-13-27(23(7)25(30)9)17-28-16-18(2)19(3)20(4)21(28)5/h12-16H,10-11,17H2,1-9H3. The van der Waals surface area contributed by atoms with E-state index in [1.54, 1.807) is 0 Å². The third-order valence-corrected chi connectivity index (χ3v) is 7.58. The van der Waals surface area contributed by atoms with E-state index in [2.05, 4.69) is 92.6 Å². The van der Waals surface area contributed by atoms with Crippen molar-refractivity contribution in [1.29, 1.82) is 0 Å². The van der Waals surface area contributed by atoms with Crippen molar-refractivity contribution in [2.45, 2.75) is 81.6 Å². The first-order chi connectivity index (χ1) is 14.2. The number of hydrogen-bond donors (Lipinski definition) is 0. The van der Waals surface area contributed by atoms with Crippen molar-refractivity contribution in [1.82, 2.24) is 0 Å². The van der Waals surface area contributed by atoms with E-state index in [0.717, 1.165) is 6.42 Å². The summed E-state index contributed by atoms with van der Waals surface area (Å²) >= 11 is 0. The Morgan fingerprint density at radius 3 is 1.57 bits per heavy atom. The molecule has 0 N–H and O–H groups in total. The maximum absolute atomic E-state index is 2.39. The van der Waals surface area contributed by atoms with Crippen LogP contribution in [-0.2, 0) is 12.8 Å². The lowest BCUT2D eigenvalue weighted by Gasteiger charge is -2.19. The minimum absolute atomic E-state index is 1.01. The van der Waals surface area contributed by atoms with Gasteiger partial charge in [-0.1, -0.05) is 43.7 Å². The van der Waals surface area contributed by atoms with Crippen LogP contribution in [0, 0.1) is 55.4 Å². The van der Waals surface area contributed by atoms with Gasteiger partial charge in [-0.2, -0.15) is 0 Å².